The number of piperazine rings is 1. The summed E-state index contributed by atoms with van der Waals surface area (Å²) in [4.78, 5) is 5.02. The highest BCUT2D eigenvalue weighted by Gasteiger charge is 2.15. The third kappa shape index (κ3) is 7.03. The maximum absolute atomic E-state index is 6.08. The second-order valence-electron chi connectivity index (χ2n) is 8.39. The van der Waals surface area contributed by atoms with Gasteiger partial charge in [-0.3, -0.25) is 9.80 Å². The second kappa shape index (κ2) is 12.4. The molecular weight excluding hydrogens is 408 g/mol. The molecule has 0 saturated carbocycles. The van der Waals surface area contributed by atoms with Crippen molar-refractivity contribution >= 4 is 6.08 Å². The van der Waals surface area contributed by atoms with E-state index in [1.54, 1.807) is 7.11 Å². The van der Waals surface area contributed by atoms with Gasteiger partial charge in [-0.05, 0) is 34.4 Å². The Hall–Kier alpha value is -2.92. The number of ether oxygens (including phenoxy) is 2. The van der Waals surface area contributed by atoms with Crippen molar-refractivity contribution < 1.29 is 9.47 Å². The molecule has 0 N–H and O–H groups in total. The van der Waals surface area contributed by atoms with E-state index in [0.717, 1.165) is 51.6 Å². The first-order valence-electron chi connectivity index (χ1n) is 11.8. The van der Waals surface area contributed by atoms with Crippen molar-refractivity contribution in [3.05, 3.63) is 96.1 Å². The summed E-state index contributed by atoms with van der Waals surface area (Å²) >= 11 is 0. The summed E-state index contributed by atoms with van der Waals surface area (Å²) in [6, 6.07) is 27.2. The van der Waals surface area contributed by atoms with Crippen molar-refractivity contribution in [2.75, 3.05) is 53.0 Å². The predicted octanol–water partition coefficient (Wildman–Crippen LogP) is 5.21. The van der Waals surface area contributed by atoms with Crippen LogP contribution in [0.4, 0.5) is 0 Å². The average Bonchev–Trinajstić information content (AvgIpc) is 2.88. The molecule has 1 fully saturated rings. The molecule has 4 nitrogen and oxygen atoms in total. The molecule has 1 aliphatic rings. The Morgan fingerprint density at radius 2 is 1.48 bits per heavy atom. The van der Waals surface area contributed by atoms with Crippen LogP contribution in [0.25, 0.3) is 17.2 Å². The standard InChI is InChI=1S/C29H34N2O2/c1-32-28-15-13-26(14-16-28)29-12-6-5-11-27(29)24-33-23-22-31-20-18-30(19-21-31)17-7-10-25-8-3-2-4-9-25/h2-16H,17-24H2,1H3. The van der Waals surface area contributed by atoms with Gasteiger partial charge in [0.25, 0.3) is 0 Å². The zero-order valence-electron chi connectivity index (χ0n) is 19.5. The molecule has 0 spiro atoms. The van der Waals surface area contributed by atoms with Crippen molar-refractivity contribution in [1.82, 2.24) is 9.80 Å². The van der Waals surface area contributed by atoms with Crippen molar-refractivity contribution in [2.45, 2.75) is 6.61 Å². The molecule has 0 aliphatic carbocycles. The van der Waals surface area contributed by atoms with E-state index >= 15 is 0 Å². The van der Waals surface area contributed by atoms with Crippen LogP contribution in [-0.4, -0.2) is 62.8 Å². The molecule has 1 saturated heterocycles. The van der Waals surface area contributed by atoms with Gasteiger partial charge >= 0.3 is 0 Å². The van der Waals surface area contributed by atoms with Gasteiger partial charge in [0.1, 0.15) is 5.75 Å². The molecule has 3 aromatic carbocycles. The quantitative estimate of drug-likeness (QED) is 0.403. The lowest BCUT2D eigenvalue weighted by atomic mass is 10.00. The number of nitrogens with zero attached hydrogens (tertiary/aromatic N) is 2. The van der Waals surface area contributed by atoms with Crippen molar-refractivity contribution in [1.29, 1.82) is 0 Å². The molecular formula is C29H34N2O2. The fourth-order valence-corrected chi connectivity index (χ4v) is 4.17. The molecule has 0 unspecified atom stereocenters. The molecule has 0 amide bonds. The van der Waals surface area contributed by atoms with Crippen molar-refractivity contribution in [2.24, 2.45) is 0 Å². The SMILES string of the molecule is COc1ccc(-c2ccccc2COCCN2CCN(CC=Cc3ccccc3)CC2)cc1. The fourth-order valence-electron chi connectivity index (χ4n) is 4.17. The van der Waals surface area contributed by atoms with E-state index in [1.165, 1.54) is 22.3 Å². The summed E-state index contributed by atoms with van der Waals surface area (Å²) in [5.74, 6) is 0.875. The third-order valence-corrected chi connectivity index (χ3v) is 6.17. The summed E-state index contributed by atoms with van der Waals surface area (Å²) in [7, 11) is 1.69. The number of hydrogen-bond acceptors (Lipinski definition) is 4. The molecule has 0 atom stereocenters. The molecule has 1 aliphatic heterocycles. The monoisotopic (exact) mass is 442 g/mol. The van der Waals surface area contributed by atoms with E-state index in [-0.39, 0.29) is 0 Å². The van der Waals surface area contributed by atoms with E-state index in [1.807, 2.05) is 12.1 Å². The minimum Gasteiger partial charge on any atom is -0.497 e. The molecule has 0 radical (unpaired) electrons. The topological polar surface area (TPSA) is 24.9 Å². The lowest BCUT2D eigenvalue weighted by Gasteiger charge is -2.34. The Morgan fingerprint density at radius 1 is 0.788 bits per heavy atom. The Morgan fingerprint density at radius 3 is 2.24 bits per heavy atom. The summed E-state index contributed by atoms with van der Waals surface area (Å²) < 4.78 is 11.4. The van der Waals surface area contributed by atoms with Gasteiger partial charge in [0, 0.05) is 39.3 Å². The molecule has 4 heteroatoms. The minimum absolute atomic E-state index is 0.631. The molecule has 1 heterocycles. The van der Waals surface area contributed by atoms with Gasteiger partial charge in [0.2, 0.25) is 0 Å². The molecule has 3 aromatic rings. The third-order valence-electron chi connectivity index (χ3n) is 6.17. The first-order valence-corrected chi connectivity index (χ1v) is 11.8. The molecule has 0 bridgehead atoms. The first kappa shape index (κ1) is 23.2. The van der Waals surface area contributed by atoms with Crippen LogP contribution in [0.3, 0.4) is 0 Å². The number of hydrogen-bond donors (Lipinski definition) is 0. The predicted molar refractivity (Wildman–Crippen MR) is 136 cm³/mol. The van der Waals surface area contributed by atoms with Gasteiger partial charge in [-0.15, -0.1) is 0 Å². The molecule has 0 aromatic heterocycles. The van der Waals surface area contributed by atoms with Crippen molar-refractivity contribution in [3.8, 4) is 16.9 Å². The molecule has 4 rings (SSSR count). The zero-order chi connectivity index (χ0) is 22.7. The van der Waals surface area contributed by atoms with E-state index in [0.29, 0.717) is 6.61 Å². The van der Waals surface area contributed by atoms with Gasteiger partial charge in [0.15, 0.2) is 0 Å². The van der Waals surface area contributed by atoms with Gasteiger partial charge in [-0.25, -0.2) is 0 Å². The van der Waals surface area contributed by atoms with Gasteiger partial charge in [0.05, 0.1) is 20.3 Å². The summed E-state index contributed by atoms with van der Waals surface area (Å²) in [5, 5.41) is 0. The average molecular weight is 443 g/mol. The first-order chi connectivity index (χ1) is 16.3. The molecule has 33 heavy (non-hydrogen) atoms. The molecule has 172 valence electrons. The van der Waals surface area contributed by atoms with Gasteiger partial charge in [-0.2, -0.15) is 0 Å². The maximum Gasteiger partial charge on any atom is 0.118 e. The van der Waals surface area contributed by atoms with Crippen LogP contribution in [-0.2, 0) is 11.3 Å². The second-order valence-corrected chi connectivity index (χ2v) is 8.39. The zero-order valence-corrected chi connectivity index (χ0v) is 19.5. The number of methoxy groups -OCH3 is 1. The van der Waals surface area contributed by atoms with Crippen molar-refractivity contribution in [3.63, 3.8) is 0 Å². The Kier molecular flexibility index (Phi) is 8.70. The van der Waals surface area contributed by atoms with Crippen LogP contribution in [0.5, 0.6) is 5.75 Å². The summed E-state index contributed by atoms with van der Waals surface area (Å²) in [6.07, 6.45) is 4.48. The Balaban J connectivity index is 1.17. The Bertz CT molecular complexity index is 994. The van der Waals surface area contributed by atoms with Crippen LogP contribution in [0.15, 0.2) is 84.9 Å². The highest BCUT2D eigenvalue weighted by molar-refractivity contribution is 5.67. The van der Waals surface area contributed by atoms with E-state index in [2.05, 4.69) is 88.7 Å². The smallest absolute Gasteiger partial charge is 0.118 e. The van der Waals surface area contributed by atoms with Crippen LogP contribution in [0.1, 0.15) is 11.1 Å². The normalized spacial score (nSPS) is 15.2. The van der Waals surface area contributed by atoms with Crippen LogP contribution < -0.4 is 4.74 Å². The van der Waals surface area contributed by atoms with Crippen LogP contribution >= 0.6 is 0 Å². The largest absolute Gasteiger partial charge is 0.497 e. The fraction of sp³-hybridized carbons (Fsp3) is 0.310. The van der Waals surface area contributed by atoms with Gasteiger partial charge in [-0.1, -0.05) is 78.9 Å². The van der Waals surface area contributed by atoms with Gasteiger partial charge < -0.3 is 9.47 Å². The highest BCUT2D eigenvalue weighted by Crippen LogP contribution is 2.26. The Labute approximate surface area is 198 Å². The summed E-state index contributed by atoms with van der Waals surface area (Å²) in [6.45, 7) is 7.81. The summed E-state index contributed by atoms with van der Waals surface area (Å²) in [5.41, 5.74) is 4.89. The number of rotatable bonds is 10. The highest BCUT2D eigenvalue weighted by atomic mass is 16.5. The minimum atomic E-state index is 0.631. The maximum atomic E-state index is 6.08. The van der Waals surface area contributed by atoms with E-state index in [4.69, 9.17) is 9.47 Å². The van der Waals surface area contributed by atoms with E-state index < -0.39 is 0 Å². The van der Waals surface area contributed by atoms with Crippen LogP contribution in [0, 0.1) is 0 Å². The van der Waals surface area contributed by atoms with E-state index in [9.17, 15) is 0 Å². The lowest BCUT2D eigenvalue weighted by Crippen LogP contribution is -2.47. The lowest BCUT2D eigenvalue weighted by molar-refractivity contribution is 0.0712. The van der Waals surface area contributed by atoms with Crippen LogP contribution in [0.2, 0.25) is 0 Å². The number of benzene rings is 3.